The lowest BCUT2D eigenvalue weighted by Crippen LogP contribution is -2.40. The van der Waals surface area contributed by atoms with Gasteiger partial charge in [0.15, 0.2) is 0 Å². The van der Waals surface area contributed by atoms with Crippen molar-refractivity contribution in [2.75, 3.05) is 13.1 Å². The van der Waals surface area contributed by atoms with E-state index in [1.54, 1.807) is 6.20 Å². The van der Waals surface area contributed by atoms with Crippen LogP contribution in [0.3, 0.4) is 0 Å². The van der Waals surface area contributed by atoms with Crippen LogP contribution in [0.1, 0.15) is 56.0 Å². The van der Waals surface area contributed by atoms with E-state index >= 15 is 0 Å². The molecule has 25 heavy (non-hydrogen) atoms. The quantitative estimate of drug-likeness (QED) is 0.863. The summed E-state index contributed by atoms with van der Waals surface area (Å²) in [4.78, 5) is 29.5. The predicted octanol–water partition coefficient (Wildman–Crippen LogP) is 3.09. The summed E-state index contributed by atoms with van der Waals surface area (Å²) < 4.78 is 5.50. The van der Waals surface area contributed by atoms with Crippen LogP contribution in [0.5, 0.6) is 0 Å². The Hall–Kier alpha value is -1.98. The van der Waals surface area contributed by atoms with Crippen molar-refractivity contribution in [1.82, 2.24) is 15.2 Å². The molecule has 138 valence electrons. The van der Waals surface area contributed by atoms with E-state index in [0.717, 1.165) is 37.9 Å². The van der Waals surface area contributed by atoms with E-state index in [4.69, 9.17) is 4.74 Å². The molecule has 0 bridgehead atoms. The largest absolute Gasteiger partial charge is 0.444 e. The monoisotopic (exact) mass is 347 g/mol. The first-order valence-corrected chi connectivity index (χ1v) is 9.15. The number of fused-ring (bicyclic) bond motifs is 1. The molecular weight excluding hydrogens is 318 g/mol. The van der Waals surface area contributed by atoms with Gasteiger partial charge in [-0.05, 0) is 64.4 Å². The number of rotatable bonds is 2. The summed E-state index contributed by atoms with van der Waals surface area (Å²) in [6, 6.07) is 0.182. The molecular formula is C19H29N3O3. The standard InChI is InChI=1S/C19H29N3O3/c1-12-8-20-9-16(12)17(23)21-15-6-5-13-10-22(11-14(13)7-15)18(24)25-19(2,3)4/h8-9,13-15,20H,5-7,10-11H2,1-4H3,(H,21,23)/t13-,14+,15-/m1/s1. The van der Waals surface area contributed by atoms with Crippen LogP contribution in [-0.4, -0.2) is 46.6 Å². The third-order valence-electron chi connectivity index (χ3n) is 5.23. The smallest absolute Gasteiger partial charge is 0.410 e. The Bertz CT molecular complexity index is 647. The Kier molecular flexibility index (Phi) is 4.80. The second-order valence-electron chi connectivity index (χ2n) is 8.44. The van der Waals surface area contributed by atoms with Crippen LogP contribution in [0, 0.1) is 18.8 Å². The number of carbonyl (C=O) groups is 2. The van der Waals surface area contributed by atoms with Gasteiger partial charge in [-0.2, -0.15) is 0 Å². The number of H-pyrrole nitrogens is 1. The van der Waals surface area contributed by atoms with Crippen molar-refractivity contribution < 1.29 is 14.3 Å². The van der Waals surface area contributed by atoms with Gasteiger partial charge >= 0.3 is 6.09 Å². The highest BCUT2D eigenvalue weighted by atomic mass is 16.6. The van der Waals surface area contributed by atoms with E-state index in [-0.39, 0.29) is 18.0 Å². The molecule has 1 saturated heterocycles. The van der Waals surface area contributed by atoms with Gasteiger partial charge in [-0.1, -0.05) is 0 Å². The molecule has 6 nitrogen and oxygen atoms in total. The van der Waals surface area contributed by atoms with Crippen molar-refractivity contribution >= 4 is 12.0 Å². The van der Waals surface area contributed by atoms with Gasteiger partial charge in [0.05, 0.1) is 5.56 Å². The maximum atomic E-state index is 12.4. The van der Waals surface area contributed by atoms with Crippen molar-refractivity contribution in [2.45, 2.75) is 58.6 Å². The topological polar surface area (TPSA) is 74.4 Å². The van der Waals surface area contributed by atoms with Crippen LogP contribution in [0.4, 0.5) is 4.79 Å². The zero-order valence-corrected chi connectivity index (χ0v) is 15.6. The molecule has 3 atom stereocenters. The first-order chi connectivity index (χ1) is 11.7. The molecule has 0 unspecified atom stereocenters. The molecule has 1 saturated carbocycles. The van der Waals surface area contributed by atoms with Crippen LogP contribution in [0.25, 0.3) is 0 Å². The van der Waals surface area contributed by atoms with Crippen LogP contribution in [-0.2, 0) is 4.74 Å². The average molecular weight is 347 g/mol. The van der Waals surface area contributed by atoms with E-state index in [9.17, 15) is 9.59 Å². The van der Waals surface area contributed by atoms with Crippen LogP contribution in [0.15, 0.2) is 12.4 Å². The summed E-state index contributed by atoms with van der Waals surface area (Å²) in [6.07, 6.45) is 6.31. The van der Waals surface area contributed by atoms with E-state index in [0.29, 0.717) is 17.4 Å². The highest BCUT2D eigenvalue weighted by Gasteiger charge is 2.41. The number of nitrogens with zero attached hydrogens (tertiary/aromatic N) is 1. The maximum absolute atomic E-state index is 12.4. The lowest BCUT2D eigenvalue weighted by Gasteiger charge is -2.31. The van der Waals surface area contributed by atoms with Crippen LogP contribution < -0.4 is 5.32 Å². The van der Waals surface area contributed by atoms with Crippen molar-refractivity contribution in [2.24, 2.45) is 11.8 Å². The molecule has 1 aliphatic carbocycles. The lowest BCUT2D eigenvalue weighted by atomic mass is 9.79. The number of aromatic amines is 1. The molecule has 2 amide bonds. The third-order valence-corrected chi connectivity index (χ3v) is 5.23. The Labute approximate surface area is 149 Å². The first-order valence-electron chi connectivity index (χ1n) is 9.15. The predicted molar refractivity (Wildman–Crippen MR) is 95.4 cm³/mol. The van der Waals surface area contributed by atoms with Crippen molar-refractivity contribution in [1.29, 1.82) is 0 Å². The lowest BCUT2D eigenvalue weighted by molar-refractivity contribution is 0.0284. The summed E-state index contributed by atoms with van der Waals surface area (Å²) in [5, 5.41) is 3.16. The summed E-state index contributed by atoms with van der Waals surface area (Å²) in [5.41, 5.74) is 1.21. The molecule has 0 radical (unpaired) electrons. The number of aromatic nitrogens is 1. The Morgan fingerprint density at radius 2 is 1.92 bits per heavy atom. The van der Waals surface area contributed by atoms with Crippen LogP contribution >= 0.6 is 0 Å². The van der Waals surface area contributed by atoms with Crippen LogP contribution in [0.2, 0.25) is 0 Å². The van der Waals surface area contributed by atoms with Gasteiger partial charge in [-0.25, -0.2) is 4.79 Å². The third kappa shape index (κ3) is 4.17. The number of hydrogen-bond acceptors (Lipinski definition) is 3. The number of aryl methyl sites for hydroxylation is 1. The molecule has 1 aromatic rings. The maximum Gasteiger partial charge on any atom is 0.410 e. The number of ether oxygens (including phenoxy) is 1. The summed E-state index contributed by atoms with van der Waals surface area (Å²) >= 11 is 0. The van der Waals surface area contributed by atoms with Gasteiger partial charge in [0.1, 0.15) is 5.60 Å². The SMILES string of the molecule is Cc1c[nH]cc1C(=O)N[C@@H]1CC[C@@H]2CN(C(=O)OC(C)(C)C)C[C@@H]2C1. The second kappa shape index (κ2) is 6.73. The van der Waals surface area contributed by atoms with E-state index < -0.39 is 5.60 Å². The number of amides is 2. The summed E-state index contributed by atoms with van der Waals surface area (Å²) in [6.45, 7) is 9.11. The number of carbonyl (C=O) groups excluding carboxylic acids is 2. The molecule has 1 aliphatic heterocycles. The normalized spacial score (nSPS) is 26.2. The molecule has 0 spiro atoms. The van der Waals surface area contributed by atoms with Gasteiger partial charge < -0.3 is 19.9 Å². The van der Waals surface area contributed by atoms with Gasteiger partial charge in [0, 0.05) is 31.5 Å². The fourth-order valence-corrected chi connectivity index (χ4v) is 3.99. The molecule has 2 fully saturated rings. The zero-order valence-electron chi connectivity index (χ0n) is 15.6. The van der Waals surface area contributed by atoms with Gasteiger partial charge in [0.25, 0.3) is 5.91 Å². The average Bonchev–Trinajstić information content (AvgIpc) is 3.11. The summed E-state index contributed by atoms with van der Waals surface area (Å²) in [7, 11) is 0. The minimum Gasteiger partial charge on any atom is -0.444 e. The molecule has 1 aromatic heterocycles. The number of nitrogens with one attached hydrogen (secondary N) is 2. The molecule has 2 N–H and O–H groups in total. The van der Waals surface area contributed by atoms with E-state index in [1.807, 2.05) is 38.8 Å². The van der Waals surface area contributed by atoms with Gasteiger partial charge in [-0.15, -0.1) is 0 Å². The van der Waals surface area contributed by atoms with Gasteiger partial charge in [-0.3, -0.25) is 4.79 Å². The highest BCUT2D eigenvalue weighted by molar-refractivity contribution is 5.95. The second-order valence-corrected chi connectivity index (χ2v) is 8.44. The highest BCUT2D eigenvalue weighted by Crippen LogP contribution is 2.37. The van der Waals surface area contributed by atoms with Crippen molar-refractivity contribution in [3.05, 3.63) is 23.5 Å². The Morgan fingerprint density at radius 1 is 1.20 bits per heavy atom. The minimum absolute atomic E-state index is 0.0100. The Balaban J connectivity index is 1.54. The summed E-state index contributed by atoms with van der Waals surface area (Å²) in [5.74, 6) is 0.956. The molecule has 3 rings (SSSR count). The molecule has 0 aromatic carbocycles. The van der Waals surface area contributed by atoms with E-state index in [1.165, 1.54) is 0 Å². The number of hydrogen-bond donors (Lipinski definition) is 2. The van der Waals surface area contributed by atoms with Crippen molar-refractivity contribution in [3.8, 4) is 0 Å². The first kappa shape index (κ1) is 17.8. The molecule has 2 heterocycles. The van der Waals surface area contributed by atoms with E-state index in [2.05, 4.69) is 10.3 Å². The molecule has 2 aliphatic rings. The van der Waals surface area contributed by atoms with Crippen molar-refractivity contribution in [3.63, 3.8) is 0 Å². The fraction of sp³-hybridized carbons (Fsp3) is 0.684. The minimum atomic E-state index is -0.463. The zero-order chi connectivity index (χ0) is 18.2. The Morgan fingerprint density at radius 3 is 2.56 bits per heavy atom. The fourth-order valence-electron chi connectivity index (χ4n) is 3.99. The number of likely N-dealkylation sites (tertiary alicyclic amines) is 1. The molecule has 6 heteroatoms. The van der Waals surface area contributed by atoms with Gasteiger partial charge in [0.2, 0.25) is 0 Å².